The molecule has 2 heterocycles. The van der Waals surface area contributed by atoms with E-state index in [2.05, 4.69) is 10.3 Å². The predicted molar refractivity (Wildman–Crippen MR) is 64.5 cm³/mol. The predicted octanol–water partition coefficient (Wildman–Crippen LogP) is 0.821. The minimum absolute atomic E-state index is 0.612. The van der Waals surface area contributed by atoms with Crippen molar-refractivity contribution in [2.45, 2.75) is 19.3 Å². The summed E-state index contributed by atoms with van der Waals surface area (Å²) in [5.41, 5.74) is 3.48. The van der Waals surface area contributed by atoms with E-state index in [4.69, 9.17) is 4.84 Å². The maximum Gasteiger partial charge on any atom is 0.151 e. The molecule has 1 N–H and O–H groups in total. The summed E-state index contributed by atoms with van der Waals surface area (Å²) in [7, 11) is 0. The van der Waals surface area contributed by atoms with E-state index in [1.165, 1.54) is 37.5 Å². The highest BCUT2D eigenvalue weighted by molar-refractivity contribution is 5.77. The van der Waals surface area contributed by atoms with Gasteiger partial charge in [0.2, 0.25) is 0 Å². The van der Waals surface area contributed by atoms with E-state index in [-0.39, 0.29) is 0 Å². The van der Waals surface area contributed by atoms with Crippen molar-refractivity contribution in [2.75, 3.05) is 26.2 Å². The zero-order chi connectivity index (χ0) is 11.9. The molecule has 1 saturated heterocycles. The summed E-state index contributed by atoms with van der Waals surface area (Å²) in [4.78, 5) is 18.4. The average Bonchev–Trinajstić information content (AvgIpc) is 2.41. The Balaban J connectivity index is 1.61. The van der Waals surface area contributed by atoms with Gasteiger partial charge in [0.25, 0.3) is 0 Å². The third-order valence-corrected chi connectivity index (χ3v) is 2.98. The van der Waals surface area contributed by atoms with E-state index in [0.29, 0.717) is 12.2 Å². The largest absolute Gasteiger partial charge is 0.301 e. The van der Waals surface area contributed by atoms with Crippen LogP contribution in [0.15, 0.2) is 24.0 Å². The first-order chi connectivity index (χ1) is 8.38. The van der Waals surface area contributed by atoms with Gasteiger partial charge < -0.3 is 4.90 Å². The summed E-state index contributed by atoms with van der Waals surface area (Å²) in [6, 6.07) is 0. The molecule has 17 heavy (non-hydrogen) atoms. The molecule has 0 aliphatic carbocycles. The van der Waals surface area contributed by atoms with Crippen LogP contribution in [-0.4, -0.2) is 42.6 Å². The number of aldehydes is 1. The number of rotatable bonds is 5. The van der Waals surface area contributed by atoms with Crippen molar-refractivity contribution >= 4 is 6.29 Å². The number of hydroxylamine groups is 1. The van der Waals surface area contributed by atoms with Crippen molar-refractivity contribution in [1.82, 2.24) is 15.5 Å². The molecule has 0 unspecified atom stereocenters. The standard InChI is InChI=1S/C12H19N3O2/c16-11-12-4-7-15(13-10-12)17-9-8-14-5-2-1-3-6-14/h4,7,10-11,13H,1-3,5-6,8-9H2. The number of hydrazine groups is 1. The van der Waals surface area contributed by atoms with Crippen LogP contribution >= 0.6 is 0 Å². The van der Waals surface area contributed by atoms with Gasteiger partial charge in [0, 0.05) is 18.3 Å². The second kappa shape index (κ2) is 6.42. The lowest BCUT2D eigenvalue weighted by Gasteiger charge is -2.28. The van der Waals surface area contributed by atoms with Crippen LogP contribution < -0.4 is 5.43 Å². The quantitative estimate of drug-likeness (QED) is 0.717. The molecule has 0 aromatic rings. The van der Waals surface area contributed by atoms with Crippen LogP contribution in [-0.2, 0) is 9.63 Å². The number of hydrogen-bond donors (Lipinski definition) is 1. The molecule has 1 fully saturated rings. The van der Waals surface area contributed by atoms with Gasteiger partial charge in [-0.15, -0.1) is 0 Å². The van der Waals surface area contributed by atoms with Crippen molar-refractivity contribution in [2.24, 2.45) is 0 Å². The van der Waals surface area contributed by atoms with Crippen molar-refractivity contribution in [3.8, 4) is 0 Å². The first kappa shape index (κ1) is 12.1. The first-order valence-electron chi connectivity index (χ1n) is 6.13. The molecule has 2 rings (SSSR count). The Bertz CT molecular complexity index is 309. The van der Waals surface area contributed by atoms with Gasteiger partial charge in [0.05, 0.1) is 12.8 Å². The molecule has 0 radical (unpaired) electrons. The Morgan fingerprint density at radius 1 is 1.35 bits per heavy atom. The second-order valence-corrected chi connectivity index (χ2v) is 4.27. The van der Waals surface area contributed by atoms with Crippen LogP contribution in [0.25, 0.3) is 0 Å². The van der Waals surface area contributed by atoms with Gasteiger partial charge in [-0.05, 0) is 32.0 Å². The summed E-state index contributed by atoms with van der Waals surface area (Å²) in [6.45, 7) is 3.97. The van der Waals surface area contributed by atoms with Crippen LogP contribution in [0.1, 0.15) is 19.3 Å². The molecular formula is C12H19N3O2. The van der Waals surface area contributed by atoms with Gasteiger partial charge in [0.15, 0.2) is 6.29 Å². The van der Waals surface area contributed by atoms with E-state index in [1.807, 2.05) is 0 Å². The van der Waals surface area contributed by atoms with Gasteiger partial charge in [-0.25, -0.2) is 0 Å². The highest BCUT2D eigenvalue weighted by Gasteiger charge is 2.10. The molecule has 0 aromatic heterocycles. The number of allylic oxidation sites excluding steroid dienone is 2. The third-order valence-electron chi connectivity index (χ3n) is 2.98. The van der Waals surface area contributed by atoms with Gasteiger partial charge in [0.1, 0.15) is 0 Å². The highest BCUT2D eigenvalue weighted by Crippen LogP contribution is 2.08. The van der Waals surface area contributed by atoms with Gasteiger partial charge in [-0.3, -0.25) is 15.1 Å². The number of piperidine rings is 1. The van der Waals surface area contributed by atoms with Gasteiger partial charge in [-0.1, -0.05) is 6.42 Å². The molecule has 0 spiro atoms. The van der Waals surface area contributed by atoms with Crippen molar-refractivity contribution < 1.29 is 9.63 Å². The minimum Gasteiger partial charge on any atom is -0.301 e. The summed E-state index contributed by atoms with van der Waals surface area (Å²) in [5, 5.41) is 1.52. The highest BCUT2D eigenvalue weighted by atomic mass is 16.7. The average molecular weight is 237 g/mol. The molecule has 5 heteroatoms. The molecule has 0 aromatic carbocycles. The van der Waals surface area contributed by atoms with E-state index in [0.717, 1.165) is 12.8 Å². The SMILES string of the molecule is O=CC1=CNN(OCCN2CCCCC2)C=C1. The number of carbonyl (C=O) groups is 1. The molecule has 5 nitrogen and oxygen atoms in total. The van der Waals surface area contributed by atoms with Crippen molar-refractivity contribution in [1.29, 1.82) is 0 Å². The lowest BCUT2D eigenvalue weighted by atomic mass is 10.1. The first-order valence-corrected chi connectivity index (χ1v) is 6.13. The fraction of sp³-hybridized carbons (Fsp3) is 0.583. The lowest BCUT2D eigenvalue weighted by molar-refractivity contribution is -0.152. The summed E-state index contributed by atoms with van der Waals surface area (Å²) in [6.07, 6.45) is 9.79. The number of nitrogens with zero attached hydrogens (tertiary/aromatic N) is 2. The van der Waals surface area contributed by atoms with E-state index >= 15 is 0 Å². The summed E-state index contributed by atoms with van der Waals surface area (Å²) < 4.78 is 0. The minimum atomic E-state index is 0.612. The maximum absolute atomic E-state index is 10.5. The van der Waals surface area contributed by atoms with E-state index in [1.54, 1.807) is 18.5 Å². The normalized spacial score (nSPS) is 20.9. The van der Waals surface area contributed by atoms with E-state index < -0.39 is 0 Å². The van der Waals surface area contributed by atoms with Gasteiger partial charge in [-0.2, -0.15) is 5.17 Å². The Kier molecular flexibility index (Phi) is 4.58. The summed E-state index contributed by atoms with van der Waals surface area (Å²) in [5.74, 6) is 0. The van der Waals surface area contributed by atoms with Gasteiger partial charge >= 0.3 is 0 Å². The fourth-order valence-electron chi connectivity index (χ4n) is 1.99. The Morgan fingerprint density at radius 3 is 2.82 bits per heavy atom. The third kappa shape index (κ3) is 3.87. The zero-order valence-corrected chi connectivity index (χ0v) is 9.97. The Morgan fingerprint density at radius 2 is 2.18 bits per heavy atom. The monoisotopic (exact) mass is 237 g/mol. The molecule has 2 aliphatic heterocycles. The van der Waals surface area contributed by atoms with Crippen LogP contribution in [0.2, 0.25) is 0 Å². The van der Waals surface area contributed by atoms with Crippen LogP contribution in [0, 0.1) is 0 Å². The van der Waals surface area contributed by atoms with E-state index in [9.17, 15) is 4.79 Å². The Hall–Kier alpha value is -1.33. The Labute approximate surface area is 102 Å². The smallest absolute Gasteiger partial charge is 0.151 e. The topological polar surface area (TPSA) is 44.8 Å². The van der Waals surface area contributed by atoms with Crippen LogP contribution in [0.5, 0.6) is 0 Å². The molecule has 94 valence electrons. The van der Waals surface area contributed by atoms with Crippen LogP contribution in [0.4, 0.5) is 0 Å². The fourth-order valence-corrected chi connectivity index (χ4v) is 1.99. The van der Waals surface area contributed by atoms with Crippen molar-refractivity contribution in [3.63, 3.8) is 0 Å². The molecule has 0 atom stereocenters. The second-order valence-electron chi connectivity index (χ2n) is 4.27. The number of carbonyl (C=O) groups excluding carboxylic acids is 1. The maximum atomic E-state index is 10.5. The summed E-state index contributed by atoms with van der Waals surface area (Å²) >= 11 is 0. The van der Waals surface area contributed by atoms with Crippen LogP contribution in [0.3, 0.4) is 0 Å². The number of likely N-dealkylation sites (tertiary alicyclic amines) is 1. The van der Waals surface area contributed by atoms with Crippen molar-refractivity contribution in [3.05, 3.63) is 24.0 Å². The molecule has 0 amide bonds. The molecule has 2 aliphatic rings. The lowest BCUT2D eigenvalue weighted by Crippen LogP contribution is -2.37. The number of hydrogen-bond acceptors (Lipinski definition) is 5. The number of nitrogens with one attached hydrogen (secondary N) is 1. The zero-order valence-electron chi connectivity index (χ0n) is 9.97. The molecule has 0 saturated carbocycles. The molecule has 0 bridgehead atoms. The molecular weight excluding hydrogens is 218 g/mol.